The highest BCUT2D eigenvalue weighted by Gasteiger charge is 2.47. The molecule has 52 heavy (non-hydrogen) atoms. The first-order chi connectivity index (χ1) is 25.1. The highest BCUT2D eigenvalue weighted by atomic mass is 16.7. The van der Waals surface area contributed by atoms with E-state index in [2.05, 4.69) is 13.8 Å². The first-order valence-electron chi connectivity index (χ1n) is 20.1. The van der Waals surface area contributed by atoms with E-state index >= 15 is 0 Å². The summed E-state index contributed by atoms with van der Waals surface area (Å²) in [5, 5.41) is 71.5. The Morgan fingerprint density at radius 2 is 1.02 bits per heavy atom. The molecule has 11 atom stereocenters. The van der Waals surface area contributed by atoms with Crippen molar-refractivity contribution in [3.05, 3.63) is 0 Å². The molecule has 2 heterocycles. The predicted molar refractivity (Wildman–Crippen MR) is 192 cm³/mol. The minimum absolute atomic E-state index is 0.0663. The second kappa shape index (κ2) is 28.4. The highest BCUT2D eigenvalue weighted by molar-refractivity contribution is 5.69. The van der Waals surface area contributed by atoms with Crippen LogP contribution < -0.4 is 0 Å². The van der Waals surface area contributed by atoms with Gasteiger partial charge in [0.1, 0.15) is 54.9 Å². The summed E-state index contributed by atoms with van der Waals surface area (Å²) in [6.07, 6.45) is 4.96. The molecule has 0 saturated carbocycles. The van der Waals surface area contributed by atoms with E-state index in [1.54, 1.807) is 0 Å². The maximum atomic E-state index is 12.8. The normalized spacial score (nSPS) is 30.0. The summed E-state index contributed by atoms with van der Waals surface area (Å²) in [6.45, 7) is 3.61. The van der Waals surface area contributed by atoms with Crippen LogP contribution in [-0.2, 0) is 33.2 Å². The molecule has 14 heteroatoms. The predicted octanol–water partition coefficient (Wildman–Crippen LogP) is 3.01. The smallest absolute Gasteiger partial charge is 0.306 e. The quantitative estimate of drug-likeness (QED) is 0.0415. The van der Waals surface area contributed by atoms with Crippen molar-refractivity contribution in [2.24, 2.45) is 0 Å². The third-order valence-corrected chi connectivity index (χ3v) is 9.87. The topological polar surface area (TPSA) is 214 Å². The van der Waals surface area contributed by atoms with E-state index in [0.29, 0.717) is 13.0 Å². The molecule has 0 bridgehead atoms. The summed E-state index contributed by atoms with van der Waals surface area (Å²) in [6, 6.07) is 0. The van der Waals surface area contributed by atoms with Gasteiger partial charge in [0, 0.05) is 13.0 Å². The lowest BCUT2D eigenvalue weighted by Crippen LogP contribution is -2.61. The van der Waals surface area contributed by atoms with Gasteiger partial charge in [0.05, 0.1) is 26.4 Å². The molecule has 0 aromatic rings. The fourth-order valence-corrected chi connectivity index (χ4v) is 6.46. The Bertz CT molecular complexity index is 881. The van der Waals surface area contributed by atoms with Crippen LogP contribution in [0.25, 0.3) is 0 Å². The summed E-state index contributed by atoms with van der Waals surface area (Å²) >= 11 is 0. The largest absolute Gasteiger partial charge is 0.457 e. The number of rotatable bonds is 30. The van der Waals surface area contributed by atoms with Crippen molar-refractivity contribution < 1.29 is 69.0 Å². The zero-order valence-electron chi connectivity index (χ0n) is 31.8. The second-order valence-corrected chi connectivity index (χ2v) is 14.5. The van der Waals surface area contributed by atoms with Crippen molar-refractivity contribution in [1.82, 2.24) is 0 Å². The van der Waals surface area contributed by atoms with Crippen LogP contribution in [0.2, 0.25) is 0 Å². The summed E-state index contributed by atoms with van der Waals surface area (Å²) in [4.78, 5) is 12.8. The van der Waals surface area contributed by atoms with Crippen LogP contribution >= 0.6 is 0 Å². The Hall–Kier alpha value is -1.01. The van der Waals surface area contributed by atoms with Crippen LogP contribution in [0.1, 0.15) is 136 Å². The van der Waals surface area contributed by atoms with Crippen LogP contribution in [0.3, 0.4) is 0 Å². The maximum Gasteiger partial charge on any atom is 0.306 e. The van der Waals surface area contributed by atoms with E-state index in [9.17, 15) is 40.5 Å². The Labute approximate surface area is 311 Å². The molecule has 11 unspecified atom stereocenters. The first kappa shape index (κ1) is 47.1. The van der Waals surface area contributed by atoms with Crippen molar-refractivity contribution in [2.45, 2.75) is 203 Å². The van der Waals surface area contributed by atoms with Gasteiger partial charge in [0.25, 0.3) is 0 Å². The Balaban J connectivity index is 1.84. The average molecular weight is 753 g/mol. The molecule has 7 N–H and O–H groups in total. The fraction of sp³-hybridized carbons (Fsp3) is 0.974. The van der Waals surface area contributed by atoms with Crippen molar-refractivity contribution in [3.8, 4) is 0 Å². The third-order valence-electron chi connectivity index (χ3n) is 9.87. The Morgan fingerprint density at radius 1 is 0.558 bits per heavy atom. The van der Waals surface area contributed by atoms with Crippen LogP contribution in [-0.4, -0.2) is 142 Å². The van der Waals surface area contributed by atoms with Crippen molar-refractivity contribution in [2.75, 3.05) is 33.0 Å². The molecular weight excluding hydrogens is 680 g/mol. The number of hydrogen-bond donors (Lipinski definition) is 7. The van der Waals surface area contributed by atoms with Crippen LogP contribution in [0, 0.1) is 0 Å². The highest BCUT2D eigenvalue weighted by Crippen LogP contribution is 2.26. The zero-order chi connectivity index (χ0) is 38.1. The summed E-state index contributed by atoms with van der Waals surface area (Å²) in [5.41, 5.74) is 0. The van der Waals surface area contributed by atoms with Gasteiger partial charge in [-0.25, -0.2) is 0 Å². The van der Waals surface area contributed by atoms with Gasteiger partial charge in [-0.15, -0.1) is 0 Å². The van der Waals surface area contributed by atoms with Gasteiger partial charge in [-0.2, -0.15) is 0 Å². The molecule has 2 saturated heterocycles. The molecule has 2 aliphatic rings. The maximum absolute atomic E-state index is 12.8. The monoisotopic (exact) mass is 752 g/mol. The van der Waals surface area contributed by atoms with Crippen LogP contribution in [0.5, 0.6) is 0 Å². The number of aliphatic hydroxyl groups excluding tert-OH is 7. The van der Waals surface area contributed by atoms with Gasteiger partial charge in [0.15, 0.2) is 12.6 Å². The molecule has 0 aliphatic carbocycles. The first-order valence-corrected chi connectivity index (χ1v) is 20.1. The number of aliphatic hydroxyl groups is 7. The Morgan fingerprint density at radius 3 is 1.56 bits per heavy atom. The molecule has 14 nitrogen and oxygen atoms in total. The molecule has 2 aliphatic heterocycles. The Kier molecular flexibility index (Phi) is 25.8. The molecule has 2 fully saturated rings. The van der Waals surface area contributed by atoms with Crippen LogP contribution in [0.15, 0.2) is 0 Å². The molecular formula is C38H72O14. The van der Waals surface area contributed by atoms with Gasteiger partial charge in [-0.3, -0.25) is 4.79 Å². The van der Waals surface area contributed by atoms with Crippen molar-refractivity contribution in [3.63, 3.8) is 0 Å². The summed E-state index contributed by atoms with van der Waals surface area (Å²) in [5.74, 6) is -0.379. The summed E-state index contributed by atoms with van der Waals surface area (Å²) in [7, 11) is 0. The van der Waals surface area contributed by atoms with Gasteiger partial charge < -0.3 is 64.2 Å². The third kappa shape index (κ3) is 18.1. The fourth-order valence-electron chi connectivity index (χ4n) is 6.46. The van der Waals surface area contributed by atoms with E-state index in [1.165, 1.54) is 70.6 Å². The van der Waals surface area contributed by atoms with E-state index in [-0.39, 0.29) is 25.6 Å². The number of unbranched alkanes of at least 4 members (excludes halogenated alkanes) is 16. The van der Waals surface area contributed by atoms with Gasteiger partial charge in [-0.05, 0) is 12.8 Å². The van der Waals surface area contributed by atoms with E-state index in [4.69, 9.17) is 28.4 Å². The standard InChI is InChI=1S/C38H72O14/c1-3-5-7-9-11-12-13-14-15-16-17-19-21-30(40)50-27(24-47-22-20-18-10-8-6-4-2)25-48-37-36(46)34(44)32(42)29(52-37)26-49-38-35(45)33(43)31(41)28(23-39)51-38/h27-29,31-39,41-46H,3-26H2,1-2H3. The number of esters is 1. The molecule has 0 aromatic carbocycles. The van der Waals surface area contributed by atoms with Gasteiger partial charge in [0.2, 0.25) is 0 Å². The lowest BCUT2D eigenvalue weighted by molar-refractivity contribution is -0.332. The SMILES string of the molecule is CCCCCCCCCCCCCCC(=O)OC(COCCCCCCCC)COC1OC(COC2OC(CO)C(O)C(O)C2O)C(O)C(O)C1O. The lowest BCUT2D eigenvalue weighted by Gasteiger charge is -2.42. The summed E-state index contributed by atoms with van der Waals surface area (Å²) < 4.78 is 33.9. The number of hydrogen-bond acceptors (Lipinski definition) is 14. The van der Waals surface area contributed by atoms with Crippen LogP contribution in [0.4, 0.5) is 0 Å². The molecule has 0 aromatic heterocycles. The second-order valence-electron chi connectivity index (χ2n) is 14.5. The van der Waals surface area contributed by atoms with Gasteiger partial charge >= 0.3 is 5.97 Å². The minimum Gasteiger partial charge on any atom is -0.457 e. The average Bonchev–Trinajstić information content (AvgIpc) is 3.14. The number of carbonyl (C=O) groups excluding carboxylic acids is 1. The number of carbonyl (C=O) groups is 1. The van der Waals surface area contributed by atoms with Crippen molar-refractivity contribution >= 4 is 5.97 Å². The molecule has 0 amide bonds. The van der Waals surface area contributed by atoms with Gasteiger partial charge in [-0.1, -0.05) is 117 Å². The van der Waals surface area contributed by atoms with E-state index < -0.39 is 80.7 Å². The molecule has 0 spiro atoms. The molecule has 308 valence electrons. The minimum atomic E-state index is -1.70. The van der Waals surface area contributed by atoms with E-state index in [1.807, 2.05) is 0 Å². The number of ether oxygens (including phenoxy) is 6. The lowest BCUT2D eigenvalue weighted by atomic mass is 9.98. The van der Waals surface area contributed by atoms with Crippen molar-refractivity contribution in [1.29, 1.82) is 0 Å². The molecule has 0 radical (unpaired) electrons. The zero-order valence-corrected chi connectivity index (χ0v) is 31.8. The molecule has 2 rings (SSSR count). The van der Waals surface area contributed by atoms with E-state index in [0.717, 1.165) is 38.5 Å².